The van der Waals surface area contributed by atoms with Crippen LogP contribution in [-0.2, 0) is 22.4 Å². The lowest BCUT2D eigenvalue weighted by Gasteiger charge is -2.27. The van der Waals surface area contributed by atoms with Gasteiger partial charge in [-0.2, -0.15) is 0 Å². The van der Waals surface area contributed by atoms with E-state index in [0.717, 1.165) is 0 Å². The van der Waals surface area contributed by atoms with Crippen molar-refractivity contribution in [1.29, 1.82) is 0 Å². The molecule has 0 heterocycles. The number of primary amides is 2. The monoisotopic (exact) mass is 350 g/mol. The molecule has 0 fully saturated rings. The van der Waals surface area contributed by atoms with Gasteiger partial charge in [-0.1, -0.05) is 47.5 Å². The molecule has 2 aromatic carbocycles. The van der Waals surface area contributed by atoms with Gasteiger partial charge in [0.25, 0.3) is 0 Å². The van der Waals surface area contributed by atoms with E-state index in [0.29, 0.717) is 21.2 Å². The SMILES string of the molecule is NC(=O)C(Cc1cccc(Cl)c1)(Cc1cccc(Cl)c1)C(N)=O. The van der Waals surface area contributed by atoms with Crippen LogP contribution in [0.2, 0.25) is 10.0 Å². The molecular weight excluding hydrogens is 335 g/mol. The molecule has 0 aromatic heterocycles. The van der Waals surface area contributed by atoms with Gasteiger partial charge >= 0.3 is 0 Å². The summed E-state index contributed by atoms with van der Waals surface area (Å²) in [5.41, 5.74) is 10.9. The van der Waals surface area contributed by atoms with Gasteiger partial charge in [-0.15, -0.1) is 0 Å². The largest absolute Gasteiger partial charge is 0.369 e. The summed E-state index contributed by atoms with van der Waals surface area (Å²) in [6.07, 6.45) is 0.148. The number of benzene rings is 2. The molecule has 0 radical (unpaired) electrons. The van der Waals surface area contributed by atoms with Gasteiger partial charge in [0.1, 0.15) is 5.41 Å². The number of carbonyl (C=O) groups is 2. The molecule has 2 amide bonds. The Labute approximate surface area is 144 Å². The fourth-order valence-corrected chi connectivity index (χ4v) is 2.95. The van der Waals surface area contributed by atoms with Gasteiger partial charge in [0.2, 0.25) is 11.8 Å². The van der Waals surface area contributed by atoms with Crippen LogP contribution in [0.1, 0.15) is 11.1 Å². The maximum absolute atomic E-state index is 12.1. The summed E-state index contributed by atoms with van der Waals surface area (Å²) < 4.78 is 0. The fourth-order valence-electron chi connectivity index (χ4n) is 2.52. The lowest BCUT2D eigenvalue weighted by Crippen LogP contribution is -2.50. The molecule has 0 saturated heterocycles. The van der Waals surface area contributed by atoms with Crippen LogP contribution in [0.25, 0.3) is 0 Å². The second-order valence-corrected chi connectivity index (χ2v) is 6.30. The van der Waals surface area contributed by atoms with Gasteiger partial charge in [0, 0.05) is 10.0 Å². The third-order valence-electron chi connectivity index (χ3n) is 3.73. The average molecular weight is 351 g/mol. The van der Waals surface area contributed by atoms with Crippen molar-refractivity contribution in [3.8, 4) is 0 Å². The van der Waals surface area contributed by atoms with E-state index in [1.165, 1.54) is 0 Å². The molecule has 0 bridgehead atoms. The minimum atomic E-state index is -1.55. The zero-order chi connectivity index (χ0) is 17.0. The van der Waals surface area contributed by atoms with E-state index in [4.69, 9.17) is 34.7 Å². The molecular formula is C17H16Cl2N2O2. The van der Waals surface area contributed by atoms with Crippen molar-refractivity contribution in [1.82, 2.24) is 0 Å². The molecule has 0 atom stereocenters. The third kappa shape index (κ3) is 4.03. The molecule has 2 aromatic rings. The molecule has 0 aliphatic carbocycles. The molecule has 2 rings (SSSR count). The van der Waals surface area contributed by atoms with Crippen molar-refractivity contribution in [2.75, 3.05) is 0 Å². The van der Waals surface area contributed by atoms with Gasteiger partial charge < -0.3 is 11.5 Å². The Morgan fingerprint density at radius 2 is 1.22 bits per heavy atom. The number of nitrogens with two attached hydrogens (primary N) is 2. The summed E-state index contributed by atoms with van der Waals surface area (Å²) in [4.78, 5) is 24.2. The molecule has 0 unspecified atom stereocenters. The van der Waals surface area contributed by atoms with Gasteiger partial charge in [0.05, 0.1) is 0 Å². The molecule has 4 nitrogen and oxygen atoms in total. The first-order valence-corrected chi connectivity index (χ1v) is 7.68. The van der Waals surface area contributed by atoms with Crippen LogP contribution in [0.5, 0.6) is 0 Å². The topological polar surface area (TPSA) is 86.2 Å². The zero-order valence-electron chi connectivity index (χ0n) is 12.3. The van der Waals surface area contributed by atoms with Crippen LogP contribution in [0.3, 0.4) is 0 Å². The molecule has 23 heavy (non-hydrogen) atoms. The van der Waals surface area contributed by atoms with Gasteiger partial charge in [-0.05, 0) is 48.2 Å². The quantitative estimate of drug-likeness (QED) is 0.784. The van der Waals surface area contributed by atoms with Crippen molar-refractivity contribution in [2.24, 2.45) is 16.9 Å². The van der Waals surface area contributed by atoms with Crippen LogP contribution in [0.4, 0.5) is 0 Å². The summed E-state index contributed by atoms with van der Waals surface area (Å²) >= 11 is 11.9. The van der Waals surface area contributed by atoms with E-state index in [9.17, 15) is 9.59 Å². The minimum Gasteiger partial charge on any atom is -0.369 e. The predicted molar refractivity (Wildman–Crippen MR) is 91.1 cm³/mol. The summed E-state index contributed by atoms with van der Waals surface area (Å²) in [6.45, 7) is 0. The van der Waals surface area contributed by atoms with E-state index in [1.807, 2.05) is 0 Å². The lowest BCUT2D eigenvalue weighted by atomic mass is 9.75. The molecule has 120 valence electrons. The number of halogens is 2. The number of carbonyl (C=O) groups excluding carboxylic acids is 2. The fraction of sp³-hybridized carbons (Fsp3) is 0.176. The summed E-state index contributed by atoms with van der Waals surface area (Å²) in [6, 6.07) is 13.8. The second kappa shape index (κ2) is 7.02. The molecule has 0 aliphatic rings. The van der Waals surface area contributed by atoms with Crippen LogP contribution in [0.15, 0.2) is 48.5 Å². The zero-order valence-corrected chi connectivity index (χ0v) is 13.8. The average Bonchev–Trinajstić information content (AvgIpc) is 2.46. The molecule has 0 saturated carbocycles. The highest BCUT2D eigenvalue weighted by Crippen LogP contribution is 2.29. The number of hydrogen-bond donors (Lipinski definition) is 2. The van der Waals surface area contributed by atoms with Crippen LogP contribution in [0, 0.1) is 5.41 Å². The van der Waals surface area contributed by atoms with E-state index in [1.54, 1.807) is 48.5 Å². The molecule has 0 spiro atoms. The molecule has 4 N–H and O–H groups in total. The van der Waals surface area contributed by atoms with Crippen LogP contribution < -0.4 is 11.5 Å². The van der Waals surface area contributed by atoms with E-state index in [-0.39, 0.29) is 12.8 Å². The summed E-state index contributed by atoms with van der Waals surface area (Å²) in [7, 11) is 0. The highest BCUT2D eigenvalue weighted by atomic mass is 35.5. The summed E-state index contributed by atoms with van der Waals surface area (Å²) in [5, 5.41) is 1.01. The van der Waals surface area contributed by atoms with Crippen molar-refractivity contribution in [3.05, 3.63) is 69.7 Å². The third-order valence-corrected chi connectivity index (χ3v) is 4.20. The van der Waals surface area contributed by atoms with Crippen LogP contribution >= 0.6 is 23.2 Å². The van der Waals surface area contributed by atoms with Crippen molar-refractivity contribution >= 4 is 35.0 Å². The highest BCUT2D eigenvalue weighted by molar-refractivity contribution is 6.30. The summed E-state index contributed by atoms with van der Waals surface area (Å²) in [5.74, 6) is -1.55. The van der Waals surface area contributed by atoms with Gasteiger partial charge in [-0.25, -0.2) is 0 Å². The maximum atomic E-state index is 12.1. The Morgan fingerprint density at radius 3 is 1.52 bits per heavy atom. The number of rotatable bonds is 6. The minimum absolute atomic E-state index is 0.0741. The Hall–Kier alpha value is -2.04. The Kier molecular flexibility index (Phi) is 5.29. The second-order valence-electron chi connectivity index (χ2n) is 5.42. The first-order valence-electron chi connectivity index (χ1n) is 6.92. The van der Waals surface area contributed by atoms with Crippen molar-refractivity contribution < 1.29 is 9.59 Å². The Morgan fingerprint density at radius 1 is 0.826 bits per heavy atom. The standard InChI is InChI=1S/C17H16Cl2N2O2/c18-13-5-1-3-11(7-13)9-17(15(20)22,16(21)23)10-12-4-2-6-14(19)8-12/h1-8H,9-10H2,(H2,20,22)(H2,21,23). The van der Waals surface area contributed by atoms with Crippen LogP contribution in [-0.4, -0.2) is 11.8 Å². The van der Waals surface area contributed by atoms with E-state index >= 15 is 0 Å². The smallest absolute Gasteiger partial charge is 0.233 e. The first kappa shape index (κ1) is 17.3. The first-order chi connectivity index (χ1) is 10.8. The molecule has 6 heteroatoms. The van der Waals surface area contributed by atoms with Crippen molar-refractivity contribution in [3.63, 3.8) is 0 Å². The molecule has 0 aliphatic heterocycles. The van der Waals surface area contributed by atoms with Gasteiger partial charge in [-0.3, -0.25) is 9.59 Å². The lowest BCUT2D eigenvalue weighted by molar-refractivity contribution is -0.139. The predicted octanol–water partition coefficient (Wildman–Crippen LogP) is 2.74. The number of amides is 2. The Balaban J connectivity index is 2.43. The van der Waals surface area contributed by atoms with E-state index in [2.05, 4.69) is 0 Å². The van der Waals surface area contributed by atoms with Crippen molar-refractivity contribution in [2.45, 2.75) is 12.8 Å². The highest BCUT2D eigenvalue weighted by Gasteiger charge is 2.43. The normalized spacial score (nSPS) is 11.2. The van der Waals surface area contributed by atoms with E-state index < -0.39 is 17.2 Å². The Bertz CT molecular complexity index is 683. The maximum Gasteiger partial charge on any atom is 0.233 e. The number of hydrogen-bond acceptors (Lipinski definition) is 2. The van der Waals surface area contributed by atoms with Gasteiger partial charge in [0.15, 0.2) is 0 Å².